The van der Waals surface area contributed by atoms with Gasteiger partial charge in [-0.25, -0.2) is 0 Å². The van der Waals surface area contributed by atoms with Gasteiger partial charge in [-0.2, -0.15) is 0 Å². The van der Waals surface area contributed by atoms with Crippen LogP contribution in [0.4, 0.5) is 0 Å². The van der Waals surface area contributed by atoms with Gasteiger partial charge in [-0.15, -0.1) is 0 Å². The van der Waals surface area contributed by atoms with E-state index in [0.717, 1.165) is 0 Å². The Morgan fingerprint density at radius 1 is 1.00 bits per heavy atom. The van der Waals surface area contributed by atoms with Crippen LogP contribution in [0.15, 0.2) is 30.3 Å². The maximum atomic E-state index is 2.30. The Morgan fingerprint density at radius 3 is 2.27 bits per heavy atom. The van der Waals surface area contributed by atoms with Gasteiger partial charge in [0.25, 0.3) is 0 Å². The first-order valence-electron chi connectivity index (χ1n) is 3.58. The van der Waals surface area contributed by atoms with Crippen LogP contribution in [-0.4, -0.2) is 28.9 Å². The van der Waals surface area contributed by atoms with Gasteiger partial charge in [0.1, 0.15) is 0 Å². The fourth-order valence-corrected chi connectivity index (χ4v) is 19.5. The van der Waals surface area contributed by atoms with Crippen molar-refractivity contribution >= 4 is 38.6 Å². The van der Waals surface area contributed by atoms with Gasteiger partial charge in [0.05, 0.1) is 0 Å². The molecule has 0 N–H and O–H groups in total. The summed E-state index contributed by atoms with van der Waals surface area (Å²) in [5, 5.41) is 0. The Morgan fingerprint density at radius 2 is 1.64 bits per heavy atom. The molecular formula is C8H9S2Sb. The van der Waals surface area contributed by atoms with Gasteiger partial charge >= 0.3 is 80.5 Å². The summed E-state index contributed by atoms with van der Waals surface area (Å²) in [4.78, 5) is 0. The third-order valence-electron chi connectivity index (χ3n) is 1.47. The van der Waals surface area contributed by atoms with Gasteiger partial charge in [-0.1, -0.05) is 0 Å². The van der Waals surface area contributed by atoms with Crippen molar-refractivity contribution in [2.24, 2.45) is 0 Å². The first-order valence-corrected chi connectivity index (χ1v) is 13.0. The SMILES string of the molecule is c1cc[c]([Sb]2[S]CC[S]2)cc1. The van der Waals surface area contributed by atoms with Crippen molar-refractivity contribution in [2.45, 2.75) is 0 Å². The van der Waals surface area contributed by atoms with E-state index in [9.17, 15) is 0 Å². The molecule has 0 unspecified atom stereocenters. The molecule has 0 spiro atoms. The molecule has 0 aromatic heterocycles. The average molecular weight is 291 g/mol. The van der Waals surface area contributed by atoms with Crippen LogP contribution >= 0.6 is 17.7 Å². The van der Waals surface area contributed by atoms with Crippen LogP contribution in [0.5, 0.6) is 0 Å². The van der Waals surface area contributed by atoms with Crippen molar-refractivity contribution in [3.05, 3.63) is 30.3 Å². The van der Waals surface area contributed by atoms with E-state index in [1.54, 1.807) is 3.51 Å². The van der Waals surface area contributed by atoms with Crippen LogP contribution in [0, 0.1) is 0 Å². The summed E-state index contributed by atoms with van der Waals surface area (Å²) >= 11 is -1.03. The van der Waals surface area contributed by atoms with E-state index in [-0.39, 0.29) is 0 Å². The summed E-state index contributed by atoms with van der Waals surface area (Å²) in [7, 11) is 4.48. The number of hydrogen-bond donors (Lipinski definition) is 0. The second-order valence-electron chi connectivity index (χ2n) is 2.26. The molecular weight excluding hydrogens is 282 g/mol. The van der Waals surface area contributed by atoms with Gasteiger partial charge in [-0.05, 0) is 0 Å². The quantitative estimate of drug-likeness (QED) is 0.724. The second kappa shape index (κ2) is 4.11. The maximum absolute atomic E-state index is 2.30. The zero-order valence-electron chi connectivity index (χ0n) is 6.06. The zero-order valence-corrected chi connectivity index (χ0v) is 10.3. The molecule has 2 rings (SSSR count). The van der Waals surface area contributed by atoms with Crippen molar-refractivity contribution in [3.63, 3.8) is 0 Å². The molecule has 0 saturated carbocycles. The molecule has 0 radical (unpaired) electrons. The Labute approximate surface area is 79.9 Å². The standard InChI is InChI=1S/C6H5.C2H6S2.Sb/c1-2-4-6-5-3-1;3-1-2-4;/h1-5H;3-4H,1-2H2;/q;;+2/p-2. The fraction of sp³-hybridized carbons (Fsp3) is 0.250. The summed E-state index contributed by atoms with van der Waals surface area (Å²) in [6.07, 6.45) is 0. The summed E-state index contributed by atoms with van der Waals surface area (Å²) < 4.78 is 1.66. The van der Waals surface area contributed by atoms with Crippen molar-refractivity contribution in [2.75, 3.05) is 11.5 Å². The molecule has 1 heterocycles. The van der Waals surface area contributed by atoms with Crippen LogP contribution in [0.2, 0.25) is 0 Å². The van der Waals surface area contributed by atoms with Crippen molar-refractivity contribution in [1.82, 2.24) is 0 Å². The van der Waals surface area contributed by atoms with Crippen LogP contribution < -0.4 is 3.51 Å². The Bertz CT molecular complexity index is 219. The Balaban J connectivity index is 2.16. The monoisotopic (exact) mass is 290 g/mol. The van der Waals surface area contributed by atoms with Crippen LogP contribution in [-0.2, 0) is 0 Å². The number of benzene rings is 1. The molecule has 0 atom stereocenters. The van der Waals surface area contributed by atoms with E-state index in [4.69, 9.17) is 0 Å². The molecule has 0 aliphatic carbocycles. The van der Waals surface area contributed by atoms with Crippen molar-refractivity contribution in [3.8, 4) is 0 Å². The zero-order chi connectivity index (χ0) is 7.52. The summed E-state index contributed by atoms with van der Waals surface area (Å²) in [6.45, 7) is 0. The van der Waals surface area contributed by atoms with E-state index in [1.807, 2.05) is 0 Å². The predicted octanol–water partition coefficient (Wildman–Crippen LogP) is 1.86. The van der Waals surface area contributed by atoms with E-state index in [2.05, 4.69) is 48.0 Å². The first kappa shape index (κ1) is 8.34. The molecule has 3 heteroatoms. The van der Waals surface area contributed by atoms with E-state index < -0.39 is 17.4 Å². The molecule has 0 bridgehead atoms. The van der Waals surface area contributed by atoms with Crippen LogP contribution in [0.25, 0.3) is 0 Å². The summed E-state index contributed by atoms with van der Waals surface area (Å²) in [5.74, 6) is 2.78. The van der Waals surface area contributed by atoms with Crippen LogP contribution in [0.3, 0.4) is 0 Å². The second-order valence-corrected chi connectivity index (χ2v) is 17.4. The van der Waals surface area contributed by atoms with Crippen LogP contribution in [0.1, 0.15) is 0 Å². The molecule has 0 amide bonds. The first-order chi connectivity index (χ1) is 5.47. The predicted molar refractivity (Wildman–Crippen MR) is 56.7 cm³/mol. The van der Waals surface area contributed by atoms with Crippen molar-refractivity contribution in [1.29, 1.82) is 0 Å². The number of hydrogen-bond acceptors (Lipinski definition) is 2. The molecule has 1 saturated heterocycles. The van der Waals surface area contributed by atoms with Crippen molar-refractivity contribution < 1.29 is 0 Å². The fourth-order valence-electron chi connectivity index (χ4n) is 0.976. The molecule has 58 valence electrons. The minimum atomic E-state index is -1.03. The molecule has 11 heavy (non-hydrogen) atoms. The summed E-state index contributed by atoms with van der Waals surface area (Å²) in [6, 6.07) is 11.0. The van der Waals surface area contributed by atoms with E-state index >= 15 is 0 Å². The van der Waals surface area contributed by atoms with Gasteiger partial charge in [0.15, 0.2) is 0 Å². The molecule has 1 aromatic rings. The average Bonchev–Trinajstić information content (AvgIpc) is 2.58. The molecule has 1 fully saturated rings. The molecule has 0 nitrogen and oxygen atoms in total. The third-order valence-corrected chi connectivity index (χ3v) is 19.2. The minimum absolute atomic E-state index is 1.03. The Kier molecular flexibility index (Phi) is 3.12. The van der Waals surface area contributed by atoms with Gasteiger partial charge < -0.3 is 0 Å². The van der Waals surface area contributed by atoms with E-state index in [0.29, 0.717) is 0 Å². The third kappa shape index (κ3) is 2.10. The molecule has 1 aliphatic heterocycles. The van der Waals surface area contributed by atoms with Gasteiger partial charge in [0, 0.05) is 0 Å². The number of rotatable bonds is 1. The van der Waals surface area contributed by atoms with Gasteiger partial charge in [-0.3, -0.25) is 0 Å². The normalized spacial score (nSPS) is 18.9. The van der Waals surface area contributed by atoms with Gasteiger partial charge in [0.2, 0.25) is 0 Å². The summed E-state index contributed by atoms with van der Waals surface area (Å²) in [5.41, 5.74) is 0. The molecule has 1 aliphatic rings. The Hall–Kier alpha value is 0.738. The van der Waals surface area contributed by atoms with E-state index in [1.165, 1.54) is 11.5 Å². The molecule has 1 aromatic carbocycles. The topological polar surface area (TPSA) is 0 Å².